The first-order valence-corrected chi connectivity index (χ1v) is 24.8. The number of nitrogens with zero attached hydrogens (tertiary/aromatic N) is 2. The summed E-state index contributed by atoms with van der Waals surface area (Å²) in [7, 11) is -1.61. The highest BCUT2D eigenvalue weighted by molar-refractivity contribution is 6.83. The molecule has 62 heavy (non-hydrogen) atoms. The van der Waals surface area contributed by atoms with Crippen molar-refractivity contribution < 1.29 is 0 Å². The molecule has 0 amide bonds. The molecule has 302 valence electrons. The van der Waals surface area contributed by atoms with Crippen LogP contribution in [0.1, 0.15) is 67.3 Å². The highest BCUT2D eigenvalue weighted by Gasteiger charge is 2.22. The molecule has 2 N–H and O–H groups in total. The summed E-state index contributed by atoms with van der Waals surface area (Å²) in [6, 6.07) is 34.6. The Bertz CT molecular complexity index is 3260. The molecular formula is C57H50N4Si. The first kappa shape index (κ1) is 40.2. The number of nitrogens with one attached hydrogen (secondary N) is 2. The normalized spacial score (nSPS) is 12.0. The number of hydrogen-bond donors (Lipinski definition) is 2. The van der Waals surface area contributed by atoms with Crippen molar-refractivity contribution >= 4 is 54.4 Å². The Morgan fingerprint density at radius 2 is 0.823 bits per heavy atom. The third-order valence-corrected chi connectivity index (χ3v) is 12.5. The predicted molar refractivity (Wildman–Crippen MR) is 267 cm³/mol. The quantitative estimate of drug-likeness (QED) is 0.137. The first-order valence-electron chi connectivity index (χ1n) is 21.3. The van der Waals surface area contributed by atoms with Gasteiger partial charge in [0, 0.05) is 55.4 Å². The predicted octanol–water partition coefficient (Wildman–Crippen LogP) is 14.4. The largest absolute Gasteiger partial charge is 0.354 e. The third kappa shape index (κ3) is 7.58. The van der Waals surface area contributed by atoms with E-state index in [0.717, 1.165) is 100 Å². The van der Waals surface area contributed by atoms with Gasteiger partial charge in [-0.1, -0.05) is 91.1 Å². The molecule has 0 fully saturated rings. The highest BCUT2D eigenvalue weighted by Crippen LogP contribution is 2.41. The Balaban J connectivity index is 1.49. The minimum Gasteiger partial charge on any atom is -0.354 e. The molecule has 9 rings (SSSR count). The second kappa shape index (κ2) is 15.7. The SMILES string of the molecule is C#Cc1cccc(-c2c3nc(c(-c4c(C)cc(C)cc4C)c4ccc([nH]4)c(-c4cccc(C#C[Si](C)(C)C)c4)c4nc(c(-c5c(C)cc(C)cc5C)c5ccc2[nH]5)C=C4)C=C3)c1. The average molecular weight is 819 g/mol. The standard InChI is InChI=1S/C57H50N4Si/c1-11-40-14-12-16-42(32-40)54-44-18-22-48(58-44)56(52-36(4)28-34(2)29-37(52)5)50-24-20-46(60-50)55(43-17-13-15-41(33-43)26-27-62(8,9)10)47-21-25-51(61-47)57(49-23-19-45(54)59-49)53-38(6)30-35(3)31-39(53)7/h1,12-25,28-33,58,61H,2-10H3. The summed E-state index contributed by atoms with van der Waals surface area (Å²) in [4.78, 5) is 19.0. The Hall–Kier alpha value is -7.18. The van der Waals surface area contributed by atoms with Crippen molar-refractivity contribution in [2.24, 2.45) is 0 Å². The van der Waals surface area contributed by atoms with Crippen molar-refractivity contribution in [1.29, 1.82) is 0 Å². The van der Waals surface area contributed by atoms with Crippen molar-refractivity contribution in [2.75, 3.05) is 0 Å². The van der Waals surface area contributed by atoms with E-state index in [1.807, 2.05) is 12.1 Å². The molecule has 0 spiro atoms. The lowest BCUT2D eigenvalue weighted by Gasteiger charge is -2.13. The van der Waals surface area contributed by atoms with E-state index < -0.39 is 8.07 Å². The lowest BCUT2D eigenvalue weighted by Crippen LogP contribution is -2.16. The number of rotatable bonds is 4. The Labute approximate surface area is 366 Å². The smallest absolute Gasteiger partial charge is 0.129 e. The molecule has 2 aliphatic heterocycles. The van der Waals surface area contributed by atoms with Crippen LogP contribution in [0.2, 0.25) is 19.6 Å². The minimum absolute atomic E-state index is 0.810. The van der Waals surface area contributed by atoms with E-state index in [1.54, 1.807) is 0 Å². The topological polar surface area (TPSA) is 57.4 Å². The van der Waals surface area contributed by atoms with Crippen LogP contribution < -0.4 is 0 Å². The molecule has 3 aromatic heterocycles. The van der Waals surface area contributed by atoms with E-state index >= 15 is 0 Å². The second-order valence-electron chi connectivity index (χ2n) is 17.9. The van der Waals surface area contributed by atoms with Crippen LogP contribution in [0.3, 0.4) is 0 Å². The van der Waals surface area contributed by atoms with Gasteiger partial charge in [-0.3, -0.25) is 0 Å². The molecule has 4 nitrogen and oxygen atoms in total. The molecule has 5 heterocycles. The molecule has 5 heteroatoms. The van der Waals surface area contributed by atoms with Crippen LogP contribution >= 0.6 is 0 Å². The van der Waals surface area contributed by atoms with Gasteiger partial charge in [0.15, 0.2) is 0 Å². The van der Waals surface area contributed by atoms with Crippen molar-refractivity contribution in [3.63, 3.8) is 0 Å². The Morgan fingerprint density at radius 1 is 0.452 bits per heavy atom. The molecule has 0 radical (unpaired) electrons. The molecule has 0 saturated heterocycles. The molecule has 0 saturated carbocycles. The van der Waals surface area contributed by atoms with Gasteiger partial charge < -0.3 is 9.97 Å². The number of fused-ring (bicyclic) bond motifs is 8. The van der Waals surface area contributed by atoms with Gasteiger partial charge in [-0.2, -0.15) is 0 Å². The zero-order valence-electron chi connectivity index (χ0n) is 37.0. The molecule has 0 atom stereocenters. The molecule has 7 aromatic rings. The van der Waals surface area contributed by atoms with Crippen molar-refractivity contribution in [3.05, 3.63) is 164 Å². The van der Waals surface area contributed by atoms with Crippen LogP contribution in [0.5, 0.6) is 0 Å². The summed E-state index contributed by atoms with van der Waals surface area (Å²) >= 11 is 0. The Kier molecular flexibility index (Phi) is 10.2. The summed E-state index contributed by atoms with van der Waals surface area (Å²) in [6.07, 6.45) is 14.6. The molecular weight excluding hydrogens is 769 g/mol. The minimum atomic E-state index is -1.61. The van der Waals surface area contributed by atoms with E-state index in [0.29, 0.717) is 0 Å². The van der Waals surface area contributed by atoms with E-state index in [2.05, 4.69) is 198 Å². The summed E-state index contributed by atoms with van der Waals surface area (Å²) in [6.45, 7) is 19.9. The number of H-pyrrole nitrogens is 2. The van der Waals surface area contributed by atoms with E-state index in [9.17, 15) is 0 Å². The van der Waals surface area contributed by atoms with Gasteiger partial charge in [-0.15, -0.1) is 12.0 Å². The number of terminal acetylenes is 1. The van der Waals surface area contributed by atoms with Crippen LogP contribution in [0.25, 0.3) is 90.9 Å². The summed E-state index contributed by atoms with van der Waals surface area (Å²) in [5.41, 5.74) is 28.3. The van der Waals surface area contributed by atoms with Crippen LogP contribution in [0, 0.1) is 65.4 Å². The lowest BCUT2D eigenvalue weighted by atomic mass is 9.92. The van der Waals surface area contributed by atoms with Gasteiger partial charge >= 0.3 is 0 Å². The maximum absolute atomic E-state index is 5.99. The van der Waals surface area contributed by atoms with Crippen molar-refractivity contribution in [3.8, 4) is 68.3 Å². The molecule has 0 aliphatic carbocycles. The lowest BCUT2D eigenvalue weighted by molar-refractivity contribution is 1.28. The summed E-state index contributed by atoms with van der Waals surface area (Å²) in [5, 5.41) is 0. The van der Waals surface area contributed by atoms with Gasteiger partial charge in [0.05, 0.1) is 22.8 Å². The fraction of sp³-hybridized carbons (Fsp3) is 0.158. The van der Waals surface area contributed by atoms with E-state index in [1.165, 1.54) is 33.4 Å². The zero-order chi connectivity index (χ0) is 43.4. The average Bonchev–Trinajstić information content (AvgIpc) is 4.07. The highest BCUT2D eigenvalue weighted by atomic mass is 28.3. The number of hydrogen-bond acceptors (Lipinski definition) is 2. The van der Waals surface area contributed by atoms with Crippen molar-refractivity contribution in [1.82, 2.24) is 19.9 Å². The molecule has 8 bridgehead atoms. The molecule has 4 aromatic carbocycles. The van der Waals surface area contributed by atoms with Gasteiger partial charge in [0.2, 0.25) is 0 Å². The molecule has 2 aliphatic rings. The summed E-state index contributed by atoms with van der Waals surface area (Å²) in [5.74, 6) is 6.37. The Morgan fingerprint density at radius 3 is 1.23 bits per heavy atom. The number of aryl methyl sites for hydroxylation is 6. The van der Waals surface area contributed by atoms with Crippen molar-refractivity contribution in [2.45, 2.75) is 61.2 Å². The number of aromatic nitrogens is 4. The fourth-order valence-corrected chi connectivity index (χ4v) is 9.78. The van der Waals surface area contributed by atoms with Crippen LogP contribution in [-0.2, 0) is 0 Å². The van der Waals surface area contributed by atoms with Crippen LogP contribution in [-0.4, -0.2) is 28.0 Å². The van der Waals surface area contributed by atoms with Crippen LogP contribution in [0.15, 0.2) is 97.1 Å². The van der Waals surface area contributed by atoms with E-state index in [-0.39, 0.29) is 0 Å². The van der Waals surface area contributed by atoms with Gasteiger partial charge in [-0.05, 0) is 159 Å². The fourth-order valence-electron chi connectivity index (χ4n) is 9.26. The summed E-state index contributed by atoms with van der Waals surface area (Å²) < 4.78 is 0. The van der Waals surface area contributed by atoms with Crippen LogP contribution in [0.4, 0.5) is 0 Å². The maximum atomic E-state index is 5.99. The third-order valence-electron chi connectivity index (χ3n) is 11.7. The number of aromatic amines is 2. The van der Waals surface area contributed by atoms with E-state index in [4.69, 9.17) is 16.4 Å². The van der Waals surface area contributed by atoms with Gasteiger partial charge in [-0.25, -0.2) is 9.97 Å². The zero-order valence-corrected chi connectivity index (χ0v) is 38.0. The second-order valence-corrected chi connectivity index (χ2v) is 22.6. The first-order chi connectivity index (χ1) is 29.7. The monoisotopic (exact) mass is 818 g/mol. The van der Waals surface area contributed by atoms with Gasteiger partial charge in [0.25, 0.3) is 0 Å². The molecule has 0 unspecified atom stereocenters. The van der Waals surface area contributed by atoms with Gasteiger partial charge in [0.1, 0.15) is 8.07 Å². The number of benzene rings is 4. The maximum Gasteiger partial charge on any atom is 0.129 e.